The molecule has 0 unspecified atom stereocenters. The molecule has 2 heterocycles. The van der Waals surface area contributed by atoms with Gasteiger partial charge in [-0.25, -0.2) is 0 Å². The summed E-state index contributed by atoms with van der Waals surface area (Å²) in [4.78, 5) is 26.5. The first-order valence-corrected chi connectivity index (χ1v) is 7.60. The minimum atomic E-state index is -0.780. The number of nitrogens with one attached hydrogen (secondary N) is 2. The van der Waals surface area contributed by atoms with E-state index >= 15 is 0 Å². The van der Waals surface area contributed by atoms with Crippen LogP contribution in [0.2, 0.25) is 0 Å². The number of aromatic amines is 1. The fourth-order valence-electron chi connectivity index (χ4n) is 3.26. The smallest absolute Gasteiger partial charge is 0.238 e. The lowest BCUT2D eigenvalue weighted by Gasteiger charge is -2.34. The largest absolute Gasteiger partial charge is 0.358 e. The molecule has 0 bridgehead atoms. The van der Waals surface area contributed by atoms with E-state index in [2.05, 4.69) is 15.5 Å². The number of aromatic nitrogens is 2. The van der Waals surface area contributed by atoms with Crippen LogP contribution in [-0.2, 0) is 9.59 Å². The Labute approximate surface area is 124 Å². The van der Waals surface area contributed by atoms with Crippen LogP contribution in [0.3, 0.4) is 0 Å². The molecule has 1 atom stereocenters. The maximum atomic E-state index is 12.7. The summed E-state index contributed by atoms with van der Waals surface area (Å²) in [5, 5.41) is 9.91. The van der Waals surface area contributed by atoms with Crippen molar-refractivity contribution >= 4 is 11.8 Å². The molecule has 6 nitrogen and oxygen atoms in total. The lowest BCUT2D eigenvalue weighted by Crippen LogP contribution is -2.47. The summed E-state index contributed by atoms with van der Waals surface area (Å²) < 4.78 is 0. The molecule has 1 saturated heterocycles. The van der Waals surface area contributed by atoms with Crippen LogP contribution in [0.1, 0.15) is 43.0 Å². The number of amides is 2. The van der Waals surface area contributed by atoms with Crippen molar-refractivity contribution in [1.29, 1.82) is 0 Å². The minimum Gasteiger partial charge on any atom is -0.358 e. The van der Waals surface area contributed by atoms with E-state index in [1.807, 2.05) is 17.9 Å². The van der Waals surface area contributed by atoms with Gasteiger partial charge in [-0.2, -0.15) is 5.10 Å². The number of hydrogen-bond donors (Lipinski definition) is 2. The zero-order valence-electron chi connectivity index (χ0n) is 12.6. The van der Waals surface area contributed by atoms with Gasteiger partial charge in [0.15, 0.2) is 0 Å². The van der Waals surface area contributed by atoms with E-state index < -0.39 is 5.41 Å². The van der Waals surface area contributed by atoms with Crippen LogP contribution in [0.5, 0.6) is 0 Å². The summed E-state index contributed by atoms with van der Waals surface area (Å²) in [6.07, 6.45) is 3.36. The van der Waals surface area contributed by atoms with Crippen LogP contribution >= 0.6 is 0 Å². The predicted molar refractivity (Wildman–Crippen MR) is 77.6 cm³/mol. The highest BCUT2D eigenvalue weighted by atomic mass is 16.2. The number of piperidine rings is 1. The van der Waals surface area contributed by atoms with Gasteiger partial charge in [0.05, 0.1) is 5.69 Å². The number of rotatable bonds is 3. The average Bonchev–Trinajstić information content (AvgIpc) is 3.21. The third-order valence-electron chi connectivity index (χ3n) is 4.67. The Morgan fingerprint density at radius 3 is 2.81 bits per heavy atom. The quantitative estimate of drug-likeness (QED) is 0.814. The van der Waals surface area contributed by atoms with E-state index in [4.69, 9.17) is 0 Å². The maximum absolute atomic E-state index is 12.7. The number of carbonyl (C=O) groups excluding carboxylic acids is 2. The fourth-order valence-corrected chi connectivity index (χ4v) is 3.26. The Kier molecular flexibility index (Phi) is 3.47. The topological polar surface area (TPSA) is 78.1 Å². The summed E-state index contributed by atoms with van der Waals surface area (Å²) in [6.45, 7) is 3.40. The van der Waals surface area contributed by atoms with E-state index in [0.717, 1.165) is 30.8 Å². The van der Waals surface area contributed by atoms with Crippen molar-refractivity contribution < 1.29 is 9.59 Å². The summed E-state index contributed by atoms with van der Waals surface area (Å²) in [5.41, 5.74) is 1.28. The van der Waals surface area contributed by atoms with Crippen LogP contribution in [0.15, 0.2) is 6.07 Å². The van der Waals surface area contributed by atoms with Gasteiger partial charge < -0.3 is 10.2 Å². The third kappa shape index (κ3) is 2.43. The average molecular weight is 290 g/mol. The van der Waals surface area contributed by atoms with E-state index in [9.17, 15) is 9.59 Å². The minimum absolute atomic E-state index is 0.00110. The molecular formula is C15H22N4O2. The third-order valence-corrected chi connectivity index (χ3v) is 4.67. The Morgan fingerprint density at radius 2 is 2.24 bits per heavy atom. The standard InChI is InChI=1S/C15H22N4O2/c1-10-8-12(18-17-10)11-4-3-7-19(9-11)14(21)15(5-6-15)13(20)16-2/h8,11H,3-7,9H2,1-2H3,(H,16,20)(H,17,18)/t11-/m1/s1. The Balaban J connectivity index is 1.72. The molecule has 0 radical (unpaired) electrons. The monoisotopic (exact) mass is 290 g/mol. The number of H-pyrrole nitrogens is 1. The molecule has 1 aliphatic heterocycles. The van der Waals surface area contributed by atoms with Crippen molar-refractivity contribution in [3.63, 3.8) is 0 Å². The molecule has 6 heteroatoms. The molecule has 0 aromatic carbocycles. The fraction of sp³-hybridized carbons (Fsp3) is 0.667. The zero-order chi connectivity index (χ0) is 15.0. The Morgan fingerprint density at radius 1 is 1.48 bits per heavy atom. The lowest BCUT2D eigenvalue weighted by molar-refractivity contribution is -0.145. The van der Waals surface area contributed by atoms with E-state index in [1.54, 1.807) is 7.05 Å². The summed E-state index contributed by atoms with van der Waals surface area (Å²) >= 11 is 0. The molecule has 21 heavy (non-hydrogen) atoms. The van der Waals surface area contributed by atoms with Crippen molar-refractivity contribution in [2.24, 2.45) is 5.41 Å². The molecule has 2 amide bonds. The van der Waals surface area contributed by atoms with Gasteiger partial charge in [-0.3, -0.25) is 14.7 Å². The van der Waals surface area contributed by atoms with Crippen molar-refractivity contribution in [1.82, 2.24) is 20.4 Å². The molecule has 1 aromatic rings. The highest BCUT2D eigenvalue weighted by molar-refractivity contribution is 6.07. The number of hydrogen-bond acceptors (Lipinski definition) is 3. The van der Waals surface area contributed by atoms with Gasteiger partial charge in [-0.1, -0.05) is 0 Å². The van der Waals surface area contributed by atoms with Gasteiger partial charge in [0, 0.05) is 31.7 Å². The van der Waals surface area contributed by atoms with E-state index in [1.165, 1.54) is 0 Å². The van der Waals surface area contributed by atoms with Crippen LogP contribution < -0.4 is 5.32 Å². The van der Waals surface area contributed by atoms with E-state index in [0.29, 0.717) is 19.4 Å². The first kappa shape index (κ1) is 14.1. The predicted octanol–water partition coefficient (Wildman–Crippen LogP) is 0.950. The Bertz CT molecular complexity index is 562. The second kappa shape index (κ2) is 5.16. The summed E-state index contributed by atoms with van der Waals surface area (Å²) in [6, 6.07) is 2.05. The lowest BCUT2D eigenvalue weighted by atomic mass is 9.93. The van der Waals surface area contributed by atoms with Gasteiger partial charge in [0.1, 0.15) is 5.41 Å². The van der Waals surface area contributed by atoms with Crippen LogP contribution in [-0.4, -0.2) is 47.0 Å². The van der Waals surface area contributed by atoms with Gasteiger partial charge >= 0.3 is 0 Å². The second-order valence-electron chi connectivity index (χ2n) is 6.23. The molecular weight excluding hydrogens is 268 g/mol. The van der Waals surface area contributed by atoms with Gasteiger partial charge in [0.2, 0.25) is 11.8 Å². The number of aryl methyl sites for hydroxylation is 1. The molecule has 2 aliphatic rings. The summed E-state index contributed by atoms with van der Waals surface area (Å²) in [7, 11) is 1.60. The van der Waals surface area contributed by atoms with Crippen LogP contribution in [0, 0.1) is 12.3 Å². The number of carbonyl (C=O) groups is 2. The Hall–Kier alpha value is -1.85. The first-order valence-electron chi connectivity index (χ1n) is 7.60. The van der Waals surface area contributed by atoms with E-state index in [-0.39, 0.29) is 17.7 Å². The highest BCUT2D eigenvalue weighted by Crippen LogP contribution is 2.48. The molecule has 1 aromatic heterocycles. The van der Waals surface area contributed by atoms with Crippen molar-refractivity contribution in [2.75, 3.05) is 20.1 Å². The van der Waals surface area contributed by atoms with Gasteiger partial charge in [0.25, 0.3) is 0 Å². The molecule has 1 aliphatic carbocycles. The van der Waals surface area contributed by atoms with Crippen molar-refractivity contribution in [2.45, 2.75) is 38.5 Å². The molecule has 0 spiro atoms. The zero-order valence-corrected chi connectivity index (χ0v) is 12.6. The highest BCUT2D eigenvalue weighted by Gasteiger charge is 2.57. The number of likely N-dealkylation sites (tertiary alicyclic amines) is 1. The van der Waals surface area contributed by atoms with Crippen LogP contribution in [0.25, 0.3) is 0 Å². The van der Waals surface area contributed by atoms with Crippen molar-refractivity contribution in [3.8, 4) is 0 Å². The molecule has 2 fully saturated rings. The SMILES string of the molecule is CNC(=O)C1(C(=O)N2CCC[C@@H](c3cc(C)[nH]n3)C2)CC1. The molecule has 114 valence electrons. The normalized spacial score (nSPS) is 23.7. The maximum Gasteiger partial charge on any atom is 0.238 e. The van der Waals surface area contributed by atoms with Crippen LogP contribution in [0.4, 0.5) is 0 Å². The van der Waals surface area contributed by atoms with Crippen molar-refractivity contribution in [3.05, 3.63) is 17.5 Å². The summed E-state index contributed by atoms with van der Waals surface area (Å²) in [5.74, 6) is 0.136. The second-order valence-corrected chi connectivity index (χ2v) is 6.23. The van der Waals surface area contributed by atoms with Gasteiger partial charge in [-0.15, -0.1) is 0 Å². The first-order chi connectivity index (χ1) is 10.1. The molecule has 2 N–H and O–H groups in total. The number of nitrogens with zero attached hydrogens (tertiary/aromatic N) is 2. The molecule has 3 rings (SSSR count). The van der Waals surface area contributed by atoms with Gasteiger partial charge in [-0.05, 0) is 38.7 Å². The molecule has 1 saturated carbocycles.